The number of fused-ring (bicyclic) bond motifs is 5. The van der Waals surface area contributed by atoms with Crippen LogP contribution < -0.4 is 0 Å². The molecule has 1 unspecified atom stereocenters. The average molecular weight is 403 g/mol. The zero-order valence-electron chi connectivity index (χ0n) is 18.3. The Labute approximate surface area is 175 Å². The van der Waals surface area contributed by atoms with Crippen molar-refractivity contribution in [1.82, 2.24) is 0 Å². The first-order chi connectivity index (χ1) is 13.7. The lowest BCUT2D eigenvalue weighted by atomic mass is 9.44. The van der Waals surface area contributed by atoms with Gasteiger partial charge in [0.1, 0.15) is 0 Å². The van der Waals surface area contributed by atoms with Crippen LogP contribution in [-0.4, -0.2) is 22.0 Å². The Balaban J connectivity index is 1.55. The number of aliphatic hydroxyl groups is 1. The van der Waals surface area contributed by atoms with E-state index < -0.39 is 5.97 Å². The van der Waals surface area contributed by atoms with Crippen LogP contribution in [0.2, 0.25) is 0 Å². The molecule has 4 nitrogen and oxygen atoms in total. The molecule has 4 saturated carbocycles. The number of rotatable bonds is 4. The fourth-order valence-corrected chi connectivity index (χ4v) is 8.65. The lowest BCUT2D eigenvalue weighted by molar-refractivity contribution is -0.137. The highest BCUT2D eigenvalue weighted by Gasteiger charge is 2.61. The van der Waals surface area contributed by atoms with Gasteiger partial charge >= 0.3 is 5.97 Å². The Kier molecular flexibility index (Phi) is 5.36. The minimum Gasteiger partial charge on any atom is -0.515 e. The smallest absolute Gasteiger partial charge is 0.303 e. The Morgan fingerprint density at radius 2 is 1.86 bits per heavy atom. The van der Waals surface area contributed by atoms with Crippen LogP contribution >= 0.6 is 0 Å². The molecule has 0 heterocycles. The monoisotopic (exact) mass is 402 g/mol. The first kappa shape index (κ1) is 20.9. The van der Waals surface area contributed by atoms with Gasteiger partial charge in [0.2, 0.25) is 0 Å². The number of aliphatic carboxylic acids is 1. The third-order valence-electron chi connectivity index (χ3n) is 10.2. The summed E-state index contributed by atoms with van der Waals surface area (Å²) in [5, 5.41) is 18.7. The molecule has 2 N–H and O–H groups in total. The summed E-state index contributed by atoms with van der Waals surface area (Å²) in [6, 6.07) is 0. The van der Waals surface area contributed by atoms with Crippen LogP contribution in [0.1, 0.15) is 85.0 Å². The molecule has 0 bridgehead atoms. The number of aliphatic hydroxyl groups excluding tert-OH is 1. The topological polar surface area (TPSA) is 74.6 Å². The maximum atomic E-state index is 12.4. The number of hydrogen-bond donors (Lipinski definition) is 2. The van der Waals surface area contributed by atoms with Crippen molar-refractivity contribution in [1.29, 1.82) is 0 Å². The van der Waals surface area contributed by atoms with Gasteiger partial charge in [0.05, 0.1) is 6.26 Å². The fraction of sp³-hybridized carbons (Fsp3) is 0.840. The van der Waals surface area contributed by atoms with Crippen LogP contribution in [0, 0.1) is 46.3 Å². The van der Waals surface area contributed by atoms with Gasteiger partial charge in [-0.05, 0) is 97.7 Å². The van der Waals surface area contributed by atoms with E-state index in [1.54, 1.807) is 0 Å². The molecule has 4 aliphatic carbocycles. The number of carbonyl (C=O) groups is 2. The molecule has 29 heavy (non-hydrogen) atoms. The highest BCUT2D eigenvalue weighted by molar-refractivity contribution is 5.96. The van der Waals surface area contributed by atoms with E-state index in [4.69, 9.17) is 5.11 Å². The number of carboxylic acid groups (broad SMARTS) is 1. The van der Waals surface area contributed by atoms with Crippen molar-refractivity contribution in [2.24, 2.45) is 46.3 Å². The third kappa shape index (κ3) is 3.25. The summed E-state index contributed by atoms with van der Waals surface area (Å²) in [7, 11) is 0. The lowest BCUT2D eigenvalue weighted by Crippen LogP contribution is -2.54. The maximum absolute atomic E-state index is 12.4. The Hall–Kier alpha value is -1.32. The molecule has 0 radical (unpaired) electrons. The second-order valence-corrected chi connectivity index (χ2v) is 11.3. The van der Waals surface area contributed by atoms with Crippen LogP contribution in [0.4, 0.5) is 0 Å². The number of ketones is 1. The number of carbonyl (C=O) groups excluding carboxylic acids is 1. The van der Waals surface area contributed by atoms with Crippen LogP contribution in [-0.2, 0) is 9.59 Å². The molecule has 0 aromatic heterocycles. The highest BCUT2D eigenvalue weighted by atomic mass is 16.4. The standard InChI is InChI=1S/C25H38O4/c1-15(4-9-23(28)29)19-7-8-20-18-6-5-17-12-22(27)16(14-26)13-25(17,3)21(18)10-11-24(19,20)2/h14-15,17-21,26H,4-13H2,1-3H3,(H,28,29)/t15-,17?,18+,19-,20+,21+,24-,25+/m1/s1. The molecule has 4 heteroatoms. The number of hydrogen-bond acceptors (Lipinski definition) is 3. The van der Waals surface area contributed by atoms with Crippen molar-refractivity contribution in [2.75, 3.05) is 0 Å². The van der Waals surface area contributed by atoms with Crippen LogP contribution in [0.3, 0.4) is 0 Å². The molecule has 4 fully saturated rings. The summed E-state index contributed by atoms with van der Waals surface area (Å²) < 4.78 is 0. The lowest BCUT2D eigenvalue weighted by Gasteiger charge is -2.60. The van der Waals surface area contributed by atoms with Crippen molar-refractivity contribution < 1.29 is 19.8 Å². The molecule has 0 aromatic carbocycles. The van der Waals surface area contributed by atoms with Gasteiger partial charge in [-0.1, -0.05) is 20.8 Å². The molecular weight excluding hydrogens is 364 g/mol. The van der Waals surface area contributed by atoms with Crippen molar-refractivity contribution in [3.05, 3.63) is 11.8 Å². The number of allylic oxidation sites excluding steroid dienone is 1. The molecule has 0 saturated heterocycles. The van der Waals surface area contributed by atoms with Gasteiger partial charge in [-0.2, -0.15) is 0 Å². The van der Waals surface area contributed by atoms with Gasteiger partial charge in [0.25, 0.3) is 0 Å². The summed E-state index contributed by atoms with van der Waals surface area (Å²) in [6.07, 6.45) is 10.9. The zero-order chi connectivity index (χ0) is 21.0. The molecule has 0 spiro atoms. The molecule has 0 aliphatic heterocycles. The number of Topliss-reactive ketones (excluding diaryl/α,β-unsaturated/α-hetero) is 1. The Bertz CT molecular complexity index is 712. The largest absolute Gasteiger partial charge is 0.515 e. The minimum atomic E-state index is -0.675. The van der Waals surface area contributed by atoms with Gasteiger partial charge < -0.3 is 10.2 Å². The van der Waals surface area contributed by atoms with Crippen LogP contribution in [0.15, 0.2) is 11.8 Å². The first-order valence-corrected chi connectivity index (χ1v) is 11.8. The number of carboxylic acids is 1. The Morgan fingerprint density at radius 3 is 2.55 bits per heavy atom. The van der Waals surface area contributed by atoms with Gasteiger partial charge in [-0.3, -0.25) is 9.59 Å². The van der Waals surface area contributed by atoms with E-state index in [0.717, 1.165) is 37.4 Å². The minimum absolute atomic E-state index is 0.139. The van der Waals surface area contributed by atoms with E-state index >= 15 is 0 Å². The van der Waals surface area contributed by atoms with E-state index in [2.05, 4.69) is 20.8 Å². The molecule has 4 aliphatic rings. The summed E-state index contributed by atoms with van der Waals surface area (Å²) in [6.45, 7) is 7.17. The van der Waals surface area contributed by atoms with Crippen molar-refractivity contribution in [3.63, 3.8) is 0 Å². The highest BCUT2D eigenvalue weighted by Crippen LogP contribution is 2.68. The van der Waals surface area contributed by atoms with E-state index in [9.17, 15) is 14.7 Å². The first-order valence-electron chi connectivity index (χ1n) is 11.8. The second kappa shape index (κ2) is 7.42. The van der Waals surface area contributed by atoms with Gasteiger partial charge in [0, 0.05) is 18.4 Å². The SMILES string of the molecule is C[C@H](CCC(=O)O)[C@H]1CC[C@H]2[C@@H]3CCC4CC(=O)C(=CO)C[C@]4(C)[C@H]3CC[C@]12C. The summed E-state index contributed by atoms with van der Waals surface area (Å²) in [5.74, 6) is 3.16. The third-order valence-corrected chi connectivity index (χ3v) is 10.2. The predicted octanol–water partition coefficient (Wildman–Crippen LogP) is 5.77. The summed E-state index contributed by atoms with van der Waals surface area (Å²) in [4.78, 5) is 23.4. The zero-order valence-corrected chi connectivity index (χ0v) is 18.3. The van der Waals surface area contributed by atoms with E-state index in [-0.39, 0.29) is 17.6 Å². The molecule has 0 amide bonds. The summed E-state index contributed by atoms with van der Waals surface area (Å²) >= 11 is 0. The maximum Gasteiger partial charge on any atom is 0.303 e. The molecule has 8 atom stereocenters. The normalized spacial score (nSPS) is 46.7. The molecule has 162 valence electrons. The van der Waals surface area contributed by atoms with E-state index in [1.807, 2.05) is 0 Å². The van der Waals surface area contributed by atoms with Crippen molar-refractivity contribution >= 4 is 11.8 Å². The van der Waals surface area contributed by atoms with E-state index in [0.29, 0.717) is 41.1 Å². The van der Waals surface area contributed by atoms with Crippen LogP contribution in [0.25, 0.3) is 0 Å². The molecular formula is C25H38O4. The fourth-order valence-electron chi connectivity index (χ4n) is 8.65. The summed E-state index contributed by atoms with van der Waals surface area (Å²) in [5.41, 5.74) is 1.12. The Morgan fingerprint density at radius 1 is 1.14 bits per heavy atom. The van der Waals surface area contributed by atoms with Crippen molar-refractivity contribution in [3.8, 4) is 0 Å². The van der Waals surface area contributed by atoms with Crippen LogP contribution in [0.5, 0.6) is 0 Å². The molecule has 4 rings (SSSR count). The van der Waals surface area contributed by atoms with Crippen molar-refractivity contribution in [2.45, 2.75) is 85.0 Å². The predicted molar refractivity (Wildman–Crippen MR) is 112 cm³/mol. The average Bonchev–Trinajstić information content (AvgIpc) is 3.03. The second-order valence-electron chi connectivity index (χ2n) is 11.3. The van der Waals surface area contributed by atoms with Gasteiger partial charge in [-0.15, -0.1) is 0 Å². The molecule has 0 aromatic rings. The van der Waals surface area contributed by atoms with Gasteiger partial charge in [-0.25, -0.2) is 0 Å². The quantitative estimate of drug-likeness (QED) is 0.462. The van der Waals surface area contributed by atoms with Gasteiger partial charge in [0.15, 0.2) is 5.78 Å². The van der Waals surface area contributed by atoms with E-state index in [1.165, 1.54) is 32.1 Å².